The van der Waals surface area contributed by atoms with Crippen LogP contribution in [0.5, 0.6) is 11.5 Å². The Kier molecular flexibility index (Phi) is 5.18. The molecule has 138 valence electrons. The fourth-order valence-corrected chi connectivity index (χ4v) is 3.56. The summed E-state index contributed by atoms with van der Waals surface area (Å²) >= 11 is 1.14. The van der Waals surface area contributed by atoms with Gasteiger partial charge in [-0.2, -0.15) is 0 Å². The van der Waals surface area contributed by atoms with E-state index in [1.165, 1.54) is 29.2 Å². The molecule has 1 saturated heterocycles. The number of amidine groups is 1. The van der Waals surface area contributed by atoms with Crippen LogP contribution in [-0.4, -0.2) is 43.8 Å². The summed E-state index contributed by atoms with van der Waals surface area (Å²) in [5, 5.41) is 29.1. The van der Waals surface area contributed by atoms with Crippen LogP contribution in [0.4, 0.5) is 5.69 Å². The minimum absolute atomic E-state index is 0.0704. The van der Waals surface area contributed by atoms with E-state index in [0.29, 0.717) is 27.9 Å². The lowest BCUT2D eigenvalue weighted by Crippen LogP contribution is -2.28. The number of likely N-dealkylation sites (N-methyl/N-ethyl adjacent to an activating group) is 1. The first-order valence-corrected chi connectivity index (χ1v) is 8.86. The molecule has 0 aliphatic carbocycles. The van der Waals surface area contributed by atoms with E-state index in [4.69, 9.17) is 5.11 Å². The lowest BCUT2D eigenvalue weighted by atomic mass is 10.2. The molecule has 0 spiro atoms. The topological polar surface area (TPSA) is 110 Å². The summed E-state index contributed by atoms with van der Waals surface area (Å²) in [7, 11) is 0. The van der Waals surface area contributed by atoms with E-state index in [2.05, 4.69) is 4.99 Å². The van der Waals surface area contributed by atoms with Crippen molar-refractivity contribution in [2.24, 2.45) is 4.99 Å². The van der Waals surface area contributed by atoms with Crippen LogP contribution in [0.3, 0.4) is 0 Å². The number of benzene rings is 2. The molecule has 8 heteroatoms. The summed E-state index contributed by atoms with van der Waals surface area (Å²) in [6, 6.07) is 10.6. The maximum atomic E-state index is 12.6. The van der Waals surface area contributed by atoms with Gasteiger partial charge in [-0.05, 0) is 43.0 Å². The summed E-state index contributed by atoms with van der Waals surface area (Å²) in [5.74, 6) is -1.80. The van der Waals surface area contributed by atoms with Gasteiger partial charge < -0.3 is 15.3 Å². The van der Waals surface area contributed by atoms with Crippen molar-refractivity contribution >= 4 is 40.6 Å². The van der Waals surface area contributed by atoms with Crippen LogP contribution in [0.1, 0.15) is 22.8 Å². The normalized spacial score (nSPS) is 17.1. The van der Waals surface area contributed by atoms with Crippen LogP contribution >= 0.6 is 11.8 Å². The number of rotatable bonds is 4. The number of amides is 1. The van der Waals surface area contributed by atoms with E-state index in [1.807, 2.05) is 6.92 Å². The van der Waals surface area contributed by atoms with Crippen LogP contribution in [0, 0.1) is 0 Å². The van der Waals surface area contributed by atoms with E-state index < -0.39 is 11.7 Å². The van der Waals surface area contributed by atoms with Crippen LogP contribution in [-0.2, 0) is 4.79 Å². The van der Waals surface area contributed by atoms with E-state index in [9.17, 15) is 19.8 Å². The Hall–Kier alpha value is -3.26. The Morgan fingerprint density at radius 3 is 2.56 bits per heavy atom. The van der Waals surface area contributed by atoms with Gasteiger partial charge in [-0.25, -0.2) is 9.79 Å². The largest absolute Gasteiger partial charge is 0.507 e. The molecule has 1 amide bonds. The SMILES string of the molecule is CCN1C(=O)/C(=C/c2ccccc2O)SC1=Nc1ccc(C(=O)O)c(O)c1. The zero-order valence-corrected chi connectivity index (χ0v) is 15.1. The number of aliphatic imine (C=N–C) groups is 1. The molecule has 0 saturated carbocycles. The number of aromatic carboxylic acids is 1. The number of phenols is 2. The number of carbonyl (C=O) groups is 2. The van der Waals surface area contributed by atoms with Crippen molar-refractivity contribution in [2.75, 3.05) is 6.54 Å². The van der Waals surface area contributed by atoms with Gasteiger partial charge >= 0.3 is 5.97 Å². The number of phenolic OH excluding ortho intramolecular Hbond substituents is 1. The summed E-state index contributed by atoms with van der Waals surface area (Å²) in [5.41, 5.74) is 0.630. The molecular formula is C19H16N2O5S. The second kappa shape index (κ2) is 7.55. The molecular weight excluding hydrogens is 368 g/mol. The van der Waals surface area contributed by atoms with Crippen LogP contribution in [0.15, 0.2) is 52.4 Å². The van der Waals surface area contributed by atoms with E-state index in [-0.39, 0.29) is 17.2 Å². The van der Waals surface area contributed by atoms with Gasteiger partial charge in [0, 0.05) is 18.2 Å². The van der Waals surface area contributed by atoms with Gasteiger partial charge in [0.1, 0.15) is 17.1 Å². The molecule has 3 N–H and O–H groups in total. The molecule has 1 heterocycles. The zero-order chi connectivity index (χ0) is 19.6. The lowest BCUT2D eigenvalue weighted by molar-refractivity contribution is -0.122. The minimum atomic E-state index is -1.24. The van der Waals surface area contributed by atoms with Gasteiger partial charge in [-0.1, -0.05) is 18.2 Å². The number of nitrogens with zero attached hydrogens (tertiary/aromatic N) is 2. The molecule has 0 radical (unpaired) electrons. The predicted octanol–water partition coefficient (Wildman–Crippen LogP) is 3.42. The van der Waals surface area contributed by atoms with Crippen molar-refractivity contribution in [1.29, 1.82) is 0 Å². The highest BCUT2D eigenvalue weighted by atomic mass is 32.2. The molecule has 2 aromatic carbocycles. The number of carboxylic acids is 1. The molecule has 1 aliphatic heterocycles. The van der Waals surface area contributed by atoms with Gasteiger partial charge in [-0.15, -0.1) is 0 Å². The highest BCUT2D eigenvalue weighted by Crippen LogP contribution is 2.35. The van der Waals surface area contributed by atoms with Gasteiger partial charge in [0.25, 0.3) is 5.91 Å². The summed E-state index contributed by atoms with van der Waals surface area (Å²) < 4.78 is 0. The molecule has 0 unspecified atom stereocenters. The Morgan fingerprint density at radius 1 is 1.19 bits per heavy atom. The third-order valence-electron chi connectivity index (χ3n) is 3.86. The van der Waals surface area contributed by atoms with Crippen molar-refractivity contribution in [1.82, 2.24) is 4.90 Å². The van der Waals surface area contributed by atoms with E-state index >= 15 is 0 Å². The smallest absolute Gasteiger partial charge is 0.339 e. The fraction of sp³-hybridized carbons (Fsp3) is 0.105. The second-order valence-electron chi connectivity index (χ2n) is 5.62. The first-order chi connectivity index (χ1) is 12.9. The first-order valence-electron chi connectivity index (χ1n) is 8.05. The zero-order valence-electron chi connectivity index (χ0n) is 14.3. The van der Waals surface area contributed by atoms with Gasteiger partial charge in [0.05, 0.1) is 10.6 Å². The van der Waals surface area contributed by atoms with Crippen molar-refractivity contribution < 1.29 is 24.9 Å². The molecule has 1 fully saturated rings. The third kappa shape index (κ3) is 3.80. The first kappa shape index (κ1) is 18.5. The Balaban J connectivity index is 1.95. The number of para-hydroxylation sites is 1. The van der Waals surface area contributed by atoms with Crippen molar-refractivity contribution in [3.05, 3.63) is 58.5 Å². The molecule has 0 bridgehead atoms. The predicted molar refractivity (Wildman–Crippen MR) is 103 cm³/mol. The van der Waals surface area contributed by atoms with Crippen molar-refractivity contribution in [3.8, 4) is 11.5 Å². The van der Waals surface area contributed by atoms with E-state index in [0.717, 1.165) is 11.8 Å². The second-order valence-corrected chi connectivity index (χ2v) is 6.63. The fourth-order valence-electron chi connectivity index (χ4n) is 2.50. The monoisotopic (exact) mass is 384 g/mol. The highest BCUT2D eigenvalue weighted by molar-refractivity contribution is 8.18. The standard InChI is InChI=1S/C19H16N2O5S/c1-2-21-17(24)16(9-11-5-3-4-6-14(11)22)27-19(21)20-12-7-8-13(18(25)26)15(23)10-12/h3-10,22-23H,2H2,1H3,(H,25,26)/b16-9-,20-19?. The Morgan fingerprint density at radius 2 is 1.93 bits per heavy atom. The van der Waals surface area contributed by atoms with Crippen molar-refractivity contribution in [2.45, 2.75) is 6.92 Å². The highest BCUT2D eigenvalue weighted by Gasteiger charge is 2.32. The number of hydrogen-bond acceptors (Lipinski definition) is 6. The Labute approximate surface area is 159 Å². The minimum Gasteiger partial charge on any atom is -0.507 e. The summed E-state index contributed by atoms with van der Waals surface area (Å²) in [6.07, 6.45) is 1.60. The average molecular weight is 384 g/mol. The molecule has 7 nitrogen and oxygen atoms in total. The average Bonchev–Trinajstić information content (AvgIpc) is 2.91. The molecule has 1 aliphatic rings. The lowest BCUT2D eigenvalue weighted by Gasteiger charge is -2.12. The third-order valence-corrected chi connectivity index (χ3v) is 4.87. The molecule has 3 rings (SSSR count). The number of carboxylic acid groups (broad SMARTS) is 1. The molecule has 27 heavy (non-hydrogen) atoms. The summed E-state index contributed by atoms with van der Waals surface area (Å²) in [4.78, 5) is 29.8. The van der Waals surface area contributed by atoms with E-state index in [1.54, 1.807) is 24.3 Å². The number of thioether (sulfide) groups is 1. The molecule has 0 aromatic heterocycles. The van der Waals surface area contributed by atoms with Crippen LogP contribution < -0.4 is 0 Å². The van der Waals surface area contributed by atoms with Crippen LogP contribution in [0.2, 0.25) is 0 Å². The number of hydrogen-bond donors (Lipinski definition) is 3. The summed E-state index contributed by atoms with van der Waals surface area (Å²) in [6.45, 7) is 2.20. The van der Waals surface area contributed by atoms with Gasteiger partial charge in [-0.3, -0.25) is 9.69 Å². The number of carbonyl (C=O) groups excluding carboxylic acids is 1. The van der Waals surface area contributed by atoms with Crippen LogP contribution in [0.25, 0.3) is 6.08 Å². The number of aromatic hydroxyl groups is 2. The molecule has 0 atom stereocenters. The maximum Gasteiger partial charge on any atom is 0.339 e. The Bertz CT molecular complexity index is 984. The quantitative estimate of drug-likeness (QED) is 0.697. The van der Waals surface area contributed by atoms with Gasteiger partial charge in [0.15, 0.2) is 5.17 Å². The maximum absolute atomic E-state index is 12.6. The van der Waals surface area contributed by atoms with Crippen molar-refractivity contribution in [3.63, 3.8) is 0 Å². The van der Waals surface area contributed by atoms with Gasteiger partial charge in [0.2, 0.25) is 0 Å². The molecule has 2 aromatic rings.